The smallest absolute Gasteiger partial charge is 0.194 e. The van der Waals surface area contributed by atoms with Crippen molar-refractivity contribution in [2.75, 3.05) is 44.2 Å². The molecule has 1 aliphatic heterocycles. The molecule has 2 aromatic rings. The van der Waals surface area contributed by atoms with E-state index in [2.05, 4.69) is 34.1 Å². The maximum absolute atomic E-state index is 14.1. The summed E-state index contributed by atoms with van der Waals surface area (Å²) in [5, 5.41) is 7.44. The number of halogens is 1. The van der Waals surface area contributed by atoms with Crippen molar-refractivity contribution in [3.8, 4) is 0 Å². The number of hydrogen-bond donors (Lipinski definition) is 1. The molecule has 1 N–H and O–H groups in total. The molecular weight excluding hydrogens is 357 g/mol. The van der Waals surface area contributed by atoms with E-state index in [4.69, 9.17) is 9.52 Å². The van der Waals surface area contributed by atoms with Gasteiger partial charge >= 0.3 is 0 Å². The number of nitrogens with one attached hydrogen (secondary N) is 1. The molecule has 7 heteroatoms. The highest BCUT2D eigenvalue weighted by atomic mass is 19.1. The number of benzene rings is 1. The molecule has 28 heavy (non-hydrogen) atoms. The molecule has 1 aromatic heterocycles. The zero-order valence-corrected chi connectivity index (χ0v) is 17.2. The summed E-state index contributed by atoms with van der Waals surface area (Å²) in [7, 11) is 0. The third kappa shape index (κ3) is 4.46. The molecule has 6 nitrogen and oxygen atoms in total. The van der Waals surface area contributed by atoms with Gasteiger partial charge in [0.15, 0.2) is 5.96 Å². The van der Waals surface area contributed by atoms with Gasteiger partial charge in [-0.1, -0.05) is 24.2 Å². The summed E-state index contributed by atoms with van der Waals surface area (Å²) in [6.45, 7) is 12.8. The number of aliphatic imine (C=N–C) groups is 1. The maximum Gasteiger partial charge on any atom is 0.194 e. The van der Waals surface area contributed by atoms with E-state index in [0.717, 1.165) is 55.7 Å². The number of piperazine rings is 1. The van der Waals surface area contributed by atoms with Crippen LogP contribution < -0.4 is 10.2 Å². The van der Waals surface area contributed by atoms with Crippen molar-refractivity contribution < 1.29 is 8.91 Å². The number of aromatic nitrogens is 1. The van der Waals surface area contributed by atoms with E-state index in [1.54, 1.807) is 6.07 Å². The van der Waals surface area contributed by atoms with Crippen LogP contribution in [0.15, 0.2) is 33.8 Å². The molecule has 3 rings (SSSR count). The van der Waals surface area contributed by atoms with Crippen LogP contribution in [0.5, 0.6) is 0 Å². The van der Waals surface area contributed by atoms with Crippen LogP contribution in [0, 0.1) is 19.7 Å². The topological polar surface area (TPSA) is 56.9 Å². The number of para-hydroxylation sites is 1. The Hall–Kier alpha value is -2.57. The zero-order valence-electron chi connectivity index (χ0n) is 17.2. The molecule has 0 spiro atoms. The molecule has 152 valence electrons. The number of hydrogen-bond acceptors (Lipinski definition) is 4. The summed E-state index contributed by atoms with van der Waals surface area (Å²) in [5.74, 6) is 1.85. The van der Waals surface area contributed by atoms with Crippen LogP contribution in [0.1, 0.15) is 36.8 Å². The Balaban J connectivity index is 1.64. The first-order valence-corrected chi connectivity index (χ1v) is 9.96. The molecule has 1 aliphatic rings. The summed E-state index contributed by atoms with van der Waals surface area (Å²) >= 11 is 0. The minimum Gasteiger partial charge on any atom is -0.366 e. The predicted octanol–water partition coefficient (Wildman–Crippen LogP) is 3.32. The summed E-state index contributed by atoms with van der Waals surface area (Å²) in [4.78, 5) is 9.21. The van der Waals surface area contributed by atoms with E-state index in [1.165, 1.54) is 6.07 Å². The second-order valence-corrected chi connectivity index (χ2v) is 7.26. The summed E-state index contributed by atoms with van der Waals surface area (Å²) in [5.41, 5.74) is 2.75. The lowest BCUT2D eigenvalue weighted by Gasteiger charge is -2.37. The van der Waals surface area contributed by atoms with E-state index >= 15 is 0 Å². The van der Waals surface area contributed by atoms with Crippen LogP contribution in [0.2, 0.25) is 0 Å². The highest BCUT2D eigenvalue weighted by Gasteiger charge is 2.22. The number of rotatable bonds is 5. The first kappa shape index (κ1) is 20.2. The SMILES string of the molecule is CCNC(=NCC(C)c1c(C)noc1C)N1CCN(c2ccccc2F)CC1. The first-order valence-electron chi connectivity index (χ1n) is 9.96. The van der Waals surface area contributed by atoms with Crippen molar-refractivity contribution in [1.29, 1.82) is 0 Å². The Morgan fingerprint density at radius 2 is 1.96 bits per heavy atom. The molecule has 1 aromatic carbocycles. The molecule has 1 saturated heterocycles. The molecule has 0 saturated carbocycles. The Kier molecular flexibility index (Phi) is 6.54. The van der Waals surface area contributed by atoms with Gasteiger partial charge in [0.05, 0.1) is 11.4 Å². The van der Waals surface area contributed by atoms with Crippen LogP contribution >= 0.6 is 0 Å². The van der Waals surface area contributed by atoms with Gasteiger partial charge in [-0.2, -0.15) is 0 Å². The van der Waals surface area contributed by atoms with Gasteiger partial charge < -0.3 is 19.6 Å². The van der Waals surface area contributed by atoms with Crippen molar-refractivity contribution in [3.63, 3.8) is 0 Å². The van der Waals surface area contributed by atoms with Crippen molar-refractivity contribution in [2.24, 2.45) is 4.99 Å². The number of nitrogens with zero attached hydrogens (tertiary/aromatic N) is 4. The van der Waals surface area contributed by atoms with Gasteiger partial charge in [-0.15, -0.1) is 0 Å². The number of anilines is 1. The maximum atomic E-state index is 14.1. The molecule has 1 atom stereocenters. The van der Waals surface area contributed by atoms with Crippen molar-refractivity contribution in [3.05, 3.63) is 47.1 Å². The van der Waals surface area contributed by atoms with Gasteiger partial charge in [-0.05, 0) is 32.9 Å². The van der Waals surface area contributed by atoms with Crippen molar-refractivity contribution in [2.45, 2.75) is 33.6 Å². The lowest BCUT2D eigenvalue weighted by molar-refractivity contribution is 0.370. The number of guanidine groups is 1. The van der Waals surface area contributed by atoms with E-state index in [9.17, 15) is 4.39 Å². The molecule has 0 bridgehead atoms. The van der Waals surface area contributed by atoms with Gasteiger partial charge in [-0.25, -0.2) is 4.39 Å². The van der Waals surface area contributed by atoms with Crippen LogP contribution in [-0.4, -0.2) is 55.3 Å². The molecule has 0 aliphatic carbocycles. The van der Waals surface area contributed by atoms with E-state index in [1.807, 2.05) is 26.0 Å². The quantitative estimate of drug-likeness (QED) is 0.630. The summed E-state index contributed by atoms with van der Waals surface area (Å²) in [6.07, 6.45) is 0. The molecule has 1 unspecified atom stereocenters. The third-order valence-electron chi connectivity index (χ3n) is 5.20. The average molecular weight is 388 g/mol. The molecule has 1 fully saturated rings. The normalized spacial score (nSPS) is 16.4. The minimum absolute atomic E-state index is 0.162. The molecule has 0 amide bonds. The van der Waals surface area contributed by atoms with E-state index in [0.29, 0.717) is 12.2 Å². The third-order valence-corrected chi connectivity index (χ3v) is 5.20. The minimum atomic E-state index is -0.162. The van der Waals surface area contributed by atoms with Gasteiger partial charge in [0.2, 0.25) is 0 Å². The standard InChI is InChI=1S/C21H30FN5O/c1-5-23-21(24-14-15(2)20-16(3)25-28-17(20)4)27-12-10-26(11-13-27)19-9-7-6-8-18(19)22/h6-9,15H,5,10-14H2,1-4H3,(H,23,24). The second-order valence-electron chi connectivity index (χ2n) is 7.26. The molecular formula is C21H30FN5O. The average Bonchev–Trinajstić information content (AvgIpc) is 3.04. The van der Waals surface area contributed by atoms with Crippen LogP contribution in [-0.2, 0) is 0 Å². The monoisotopic (exact) mass is 387 g/mol. The Morgan fingerprint density at radius 1 is 1.25 bits per heavy atom. The Morgan fingerprint density at radius 3 is 2.57 bits per heavy atom. The van der Waals surface area contributed by atoms with Crippen LogP contribution in [0.3, 0.4) is 0 Å². The Labute approximate surface area is 166 Å². The lowest BCUT2D eigenvalue weighted by atomic mass is 10.00. The van der Waals surface area contributed by atoms with Crippen LogP contribution in [0.25, 0.3) is 0 Å². The highest BCUT2D eigenvalue weighted by molar-refractivity contribution is 5.80. The largest absolute Gasteiger partial charge is 0.366 e. The molecule has 0 radical (unpaired) electrons. The fourth-order valence-electron chi connectivity index (χ4n) is 3.80. The number of aryl methyl sites for hydroxylation is 2. The predicted molar refractivity (Wildman–Crippen MR) is 111 cm³/mol. The Bertz CT molecular complexity index is 791. The fraction of sp³-hybridized carbons (Fsp3) is 0.524. The van der Waals surface area contributed by atoms with Gasteiger partial charge in [0.25, 0.3) is 0 Å². The lowest BCUT2D eigenvalue weighted by Crippen LogP contribution is -2.52. The zero-order chi connectivity index (χ0) is 20.1. The van der Waals surface area contributed by atoms with E-state index < -0.39 is 0 Å². The highest BCUT2D eigenvalue weighted by Crippen LogP contribution is 2.24. The fourth-order valence-corrected chi connectivity index (χ4v) is 3.80. The van der Waals surface area contributed by atoms with Crippen LogP contribution in [0.4, 0.5) is 10.1 Å². The second kappa shape index (κ2) is 9.08. The van der Waals surface area contributed by atoms with Gasteiger partial charge in [-0.3, -0.25) is 4.99 Å². The van der Waals surface area contributed by atoms with Crippen molar-refractivity contribution >= 4 is 11.6 Å². The first-order chi connectivity index (χ1) is 13.5. The summed E-state index contributed by atoms with van der Waals surface area (Å²) in [6, 6.07) is 6.97. The van der Waals surface area contributed by atoms with Crippen molar-refractivity contribution in [1.82, 2.24) is 15.4 Å². The summed E-state index contributed by atoms with van der Waals surface area (Å²) < 4.78 is 19.3. The van der Waals surface area contributed by atoms with E-state index in [-0.39, 0.29) is 11.7 Å². The molecule has 2 heterocycles. The van der Waals surface area contributed by atoms with Gasteiger partial charge in [0.1, 0.15) is 11.6 Å². The van der Waals surface area contributed by atoms with Gasteiger partial charge in [0, 0.05) is 50.7 Å².